The van der Waals surface area contributed by atoms with Crippen LogP contribution < -0.4 is 14.8 Å². The number of amides is 1. The first-order chi connectivity index (χ1) is 13.9. The molecule has 2 aromatic carbocycles. The third-order valence-electron chi connectivity index (χ3n) is 3.94. The number of carboxylic acid groups (broad SMARTS) is 1. The van der Waals surface area contributed by atoms with E-state index in [-0.39, 0.29) is 17.0 Å². The number of benzene rings is 2. The largest absolute Gasteiger partial charge is 0.505 e. The zero-order valence-corrected chi connectivity index (χ0v) is 15.2. The maximum absolute atomic E-state index is 12.1. The van der Waals surface area contributed by atoms with Crippen LogP contribution in [-0.2, 0) is 4.79 Å². The topological polar surface area (TPSA) is 142 Å². The molecule has 0 aliphatic carbocycles. The number of pyridine rings is 1. The summed E-state index contributed by atoms with van der Waals surface area (Å²) in [5.74, 6) is -1.50. The second kappa shape index (κ2) is 8.14. The van der Waals surface area contributed by atoms with E-state index in [0.29, 0.717) is 22.4 Å². The molecule has 3 rings (SSSR count). The lowest BCUT2D eigenvalue weighted by molar-refractivity contribution is -0.135. The highest BCUT2D eigenvalue weighted by Gasteiger charge is 2.20. The van der Waals surface area contributed by atoms with E-state index in [1.807, 2.05) is 6.07 Å². The first-order valence-corrected chi connectivity index (χ1v) is 8.31. The first-order valence-electron chi connectivity index (χ1n) is 8.31. The van der Waals surface area contributed by atoms with Gasteiger partial charge in [-0.15, -0.1) is 0 Å². The van der Waals surface area contributed by atoms with Crippen LogP contribution in [0.5, 0.6) is 23.1 Å². The highest BCUT2D eigenvalue weighted by molar-refractivity contribution is 6.04. The maximum Gasteiger partial charge on any atom is 0.322 e. The number of carboxylic acids is 1. The molecule has 0 radical (unpaired) electrons. The number of carbonyl (C=O) groups excluding carboxylic acids is 1. The van der Waals surface area contributed by atoms with E-state index in [2.05, 4.69) is 10.3 Å². The van der Waals surface area contributed by atoms with Crippen molar-refractivity contribution >= 4 is 22.6 Å². The Labute approximate surface area is 164 Å². The van der Waals surface area contributed by atoms with Crippen molar-refractivity contribution in [1.29, 1.82) is 5.26 Å². The number of aromatic hydroxyl groups is 1. The number of nitrogens with zero attached hydrogens (tertiary/aromatic N) is 2. The zero-order valence-electron chi connectivity index (χ0n) is 15.2. The van der Waals surface area contributed by atoms with Gasteiger partial charge in [-0.25, -0.2) is 4.98 Å². The highest BCUT2D eigenvalue weighted by Crippen LogP contribution is 2.36. The quantitative estimate of drug-likeness (QED) is 0.580. The van der Waals surface area contributed by atoms with Gasteiger partial charge in [-0.1, -0.05) is 0 Å². The van der Waals surface area contributed by atoms with Gasteiger partial charge in [0.1, 0.15) is 18.0 Å². The number of carbonyl (C=O) groups is 2. The van der Waals surface area contributed by atoms with Gasteiger partial charge in [-0.3, -0.25) is 9.59 Å². The molecule has 9 nitrogen and oxygen atoms in total. The van der Waals surface area contributed by atoms with Crippen LogP contribution in [0.1, 0.15) is 16.1 Å². The van der Waals surface area contributed by atoms with Crippen molar-refractivity contribution in [1.82, 2.24) is 10.3 Å². The molecule has 0 saturated carbocycles. The van der Waals surface area contributed by atoms with Crippen molar-refractivity contribution in [2.45, 2.75) is 0 Å². The Morgan fingerprint density at radius 3 is 2.45 bits per heavy atom. The molecule has 1 amide bonds. The van der Waals surface area contributed by atoms with Crippen molar-refractivity contribution in [3.63, 3.8) is 0 Å². The summed E-state index contributed by atoms with van der Waals surface area (Å²) in [6, 6.07) is 13.2. The Morgan fingerprint density at radius 1 is 1.14 bits per heavy atom. The summed E-state index contributed by atoms with van der Waals surface area (Å²) in [5.41, 5.74) is 0.150. The third-order valence-corrected chi connectivity index (χ3v) is 3.94. The molecule has 0 atom stereocenters. The second-order valence-corrected chi connectivity index (χ2v) is 5.84. The molecular formula is C20H15N3O6. The van der Waals surface area contributed by atoms with Gasteiger partial charge in [0.25, 0.3) is 5.91 Å². The molecule has 146 valence electrons. The fourth-order valence-corrected chi connectivity index (χ4v) is 2.60. The van der Waals surface area contributed by atoms with E-state index in [9.17, 15) is 14.7 Å². The lowest BCUT2D eigenvalue weighted by Gasteiger charge is -2.12. The van der Waals surface area contributed by atoms with E-state index >= 15 is 0 Å². The van der Waals surface area contributed by atoms with Crippen LogP contribution >= 0.6 is 0 Å². The van der Waals surface area contributed by atoms with Crippen molar-refractivity contribution in [3.05, 3.63) is 53.7 Å². The van der Waals surface area contributed by atoms with Crippen LogP contribution in [0.25, 0.3) is 10.8 Å². The summed E-state index contributed by atoms with van der Waals surface area (Å²) in [6.45, 7) is -0.613. The van der Waals surface area contributed by atoms with Gasteiger partial charge in [-0.2, -0.15) is 5.26 Å². The molecule has 0 saturated heterocycles. The number of aliphatic carboxylic acids is 1. The molecule has 0 fully saturated rings. The summed E-state index contributed by atoms with van der Waals surface area (Å²) >= 11 is 0. The average molecular weight is 393 g/mol. The molecule has 0 unspecified atom stereocenters. The minimum atomic E-state index is -1.23. The summed E-state index contributed by atoms with van der Waals surface area (Å²) in [4.78, 5) is 26.8. The van der Waals surface area contributed by atoms with E-state index < -0.39 is 24.2 Å². The number of nitriles is 1. The molecule has 1 aromatic heterocycles. The number of hydrogen-bond acceptors (Lipinski definition) is 7. The van der Waals surface area contributed by atoms with Crippen LogP contribution in [0.15, 0.2) is 42.5 Å². The van der Waals surface area contributed by atoms with Gasteiger partial charge in [0.15, 0.2) is 11.4 Å². The molecule has 1 heterocycles. The maximum atomic E-state index is 12.1. The third kappa shape index (κ3) is 4.17. The molecule has 3 N–H and O–H groups in total. The molecule has 0 aliphatic heterocycles. The van der Waals surface area contributed by atoms with Crippen LogP contribution in [0.2, 0.25) is 0 Å². The Balaban J connectivity index is 1.97. The molecule has 3 aromatic rings. The first kappa shape index (κ1) is 19.4. The number of fused-ring (bicyclic) bond motifs is 1. The van der Waals surface area contributed by atoms with Crippen molar-refractivity contribution in [2.24, 2.45) is 0 Å². The number of aromatic nitrogens is 1. The summed E-state index contributed by atoms with van der Waals surface area (Å²) < 4.78 is 11.0. The van der Waals surface area contributed by atoms with E-state index in [0.717, 1.165) is 0 Å². The summed E-state index contributed by atoms with van der Waals surface area (Å²) in [6.07, 6.45) is 0. The number of hydrogen-bond donors (Lipinski definition) is 3. The van der Waals surface area contributed by atoms with Gasteiger partial charge < -0.3 is 25.0 Å². The van der Waals surface area contributed by atoms with E-state index in [4.69, 9.17) is 19.8 Å². The number of ether oxygens (including phenoxy) is 2. The van der Waals surface area contributed by atoms with Crippen LogP contribution in [0, 0.1) is 11.3 Å². The second-order valence-electron chi connectivity index (χ2n) is 5.84. The lowest BCUT2D eigenvalue weighted by atomic mass is 10.1. The van der Waals surface area contributed by atoms with E-state index in [1.54, 1.807) is 36.4 Å². The van der Waals surface area contributed by atoms with Gasteiger partial charge in [-0.05, 0) is 42.5 Å². The number of rotatable bonds is 6. The predicted molar refractivity (Wildman–Crippen MR) is 101 cm³/mol. The molecular weight excluding hydrogens is 378 g/mol. The van der Waals surface area contributed by atoms with Crippen molar-refractivity contribution < 1.29 is 29.3 Å². The minimum absolute atomic E-state index is 0.0588. The Kier molecular flexibility index (Phi) is 5.46. The van der Waals surface area contributed by atoms with Crippen molar-refractivity contribution in [3.8, 4) is 29.2 Å². The molecule has 0 spiro atoms. The van der Waals surface area contributed by atoms with Crippen LogP contribution in [-0.4, -0.2) is 40.7 Å². The lowest BCUT2D eigenvalue weighted by Crippen LogP contribution is -2.30. The monoisotopic (exact) mass is 393 g/mol. The minimum Gasteiger partial charge on any atom is -0.505 e. The van der Waals surface area contributed by atoms with Crippen LogP contribution in [0.3, 0.4) is 0 Å². The number of methoxy groups -OCH3 is 1. The van der Waals surface area contributed by atoms with Gasteiger partial charge in [0, 0.05) is 5.39 Å². The van der Waals surface area contributed by atoms with Crippen molar-refractivity contribution in [2.75, 3.05) is 13.7 Å². The Morgan fingerprint density at radius 2 is 1.83 bits per heavy atom. The smallest absolute Gasteiger partial charge is 0.322 e. The summed E-state index contributed by atoms with van der Waals surface area (Å²) in [7, 11) is 1.35. The molecule has 29 heavy (non-hydrogen) atoms. The SMILES string of the molecule is COc1nc(C(=O)NCC(=O)O)c(O)c2ccc(Oc3ccc(C#N)cc3)cc12. The molecule has 0 bridgehead atoms. The van der Waals surface area contributed by atoms with Gasteiger partial charge >= 0.3 is 5.97 Å². The Bertz CT molecular complexity index is 1140. The zero-order chi connectivity index (χ0) is 21.0. The Hall–Kier alpha value is -4.32. The fourth-order valence-electron chi connectivity index (χ4n) is 2.60. The van der Waals surface area contributed by atoms with Gasteiger partial charge in [0.2, 0.25) is 5.88 Å². The molecule has 0 aliphatic rings. The predicted octanol–water partition coefficient (Wildman–Crippen LogP) is 2.43. The average Bonchev–Trinajstić information content (AvgIpc) is 2.73. The van der Waals surface area contributed by atoms with Gasteiger partial charge in [0.05, 0.1) is 24.1 Å². The highest BCUT2D eigenvalue weighted by atomic mass is 16.5. The summed E-state index contributed by atoms with van der Waals surface area (Å²) in [5, 5.41) is 30.8. The fraction of sp³-hybridized carbons (Fsp3) is 0.100. The normalized spacial score (nSPS) is 10.2. The number of nitrogens with one attached hydrogen (secondary N) is 1. The van der Waals surface area contributed by atoms with E-state index in [1.165, 1.54) is 13.2 Å². The standard InChI is InChI=1S/C20H15N3O6/c1-28-20-15-8-13(29-12-4-2-11(9-21)3-5-12)6-7-14(15)18(26)17(23-20)19(27)22-10-16(24)25/h2-8,26H,10H2,1H3,(H,22,27)(H,24,25). The van der Waals surface area contributed by atoms with Crippen LogP contribution in [0.4, 0.5) is 0 Å². The molecule has 9 heteroatoms.